The van der Waals surface area contributed by atoms with E-state index in [9.17, 15) is 0 Å². The highest BCUT2D eigenvalue weighted by Crippen LogP contribution is 2.18. The number of methoxy groups -OCH3 is 1. The second kappa shape index (κ2) is 7.29. The van der Waals surface area contributed by atoms with Crippen LogP contribution in [-0.2, 0) is 6.54 Å². The van der Waals surface area contributed by atoms with E-state index >= 15 is 0 Å². The molecule has 6 nitrogen and oxygen atoms in total. The molecule has 0 saturated carbocycles. The van der Waals surface area contributed by atoms with Crippen molar-refractivity contribution in [3.63, 3.8) is 0 Å². The largest absolute Gasteiger partial charge is 0.497 e. The molecule has 0 aliphatic carbocycles. The summed E-state index contributed by atoms with van der Waals surface area (Å²) in [7, 11) is 3.87. The van der Waals surface area contributed by atoms with E-state index in [1.807, 2.05) is 18.2 Å². The summed E-state index contributed by atoms with van der Waals surface area (Å²) < 4.78 is 5.25. The van der Waals surface area contributed by atoms with Gasteiger partial charge in [-0.2, -0.15) is 0 Å². The van der Waals surface area contributed by atoms with Crippen molar-refractivity contribution < 1.29 is 4.74 Å². The molecule has 2 N–H and O–H groups in total. The van der Waals surface area contributed by atoms with Gasteiger partial charge in [0, 0.05) is 44.8 Å². The predicted octanol–water partition coefficient (Wildman–Crippen LogP) is 1.30. The molecule has 3 rings (SSSR count). The maximum Gasteiger partial charge on any atom is 0.121 e. The number of ether oxygens (including phenoxy) is 1. The SMILES string of the molecule is COc1ccc2nc(CNC(C)CN3CCN(C)CC3)[nH]c2c1. The van der Waals surface area contributed by atoms with Gasteiger partial charge >= 0.3 is 0 Å². The second-order valence-electron chi connectivity index (χ2n) is 6.45. The van der Waals surface area contributed by atoms with Gasteiger partial charge in [-0.1, -0.05) is 0 Å². The van der Waals surface area contributed by atoms with Crippen molar-refractivity contribution >= 4 is 11.0 Å². The first-order chi connectivity index (χ1) is 11.1. The average molecular weight is 317 g/mol. The lowest BCUT2D eigenvalue weighted by Crippen LogP contribution is -2.48. The van der Waals surface area contributed by atoms with Gasteiger partial charge in [0.15, 0.2) is 0 Å². The third-order valence-electron chi connectivity index (χ3n) is 4.48. The summed E-state index contributed by atoms with van der Waals surface area (Å²) in [5, 5.41) is 3.57. The van der Waals surface area contributed by atoms with Crippen LogP contribution in [0.3, 0.4) is 0 Å². The van der Waals surface area contributed by atoms with Crippen LogP contribution < -0.4 is 10.1 Å². The number of fused-ring (bicyclic) bond motifs is 1. The van der Waals surface area contributed by atoms with E-state index in [-0.39, 0.29) is 0 Å². The van der Waals surface area contributed by atoms with E-state index in [1.165, 1.54) is 0 Å². The second-order valence-corrected chi connectivity index (χ2v) is 6.45. The lowest BCUT2D eigenvalue weighted by molar-refractivity contribution is 0.144. The Morgan fingerprint density at radius 2 is 2.09 bits per heavy atom. The van der Waals surface area contributed by atoms with Gasteiger partial charge in [-0.05, 0) is 26.1 Å². The Morgan fingerprint density at radius 3 is 2.83 bits per heavy atom. The maximum absolute atomic E-state index is 5.25. The molecule has 1 aromatic heterocycles. The molecule has 0 amide bonds. The number of nitrogens with zero attached hydrogens (tertiary/aromatic N) is 3. The molecule has 1 aliphatic heterocycles. The van der Waals surface area contributed by atoms with E-state index in [2.05, 4.69) is 39.1 Å². The standard InChI is InChI=1S/C17H27N5O/c1-13(12-22-8-6-21(2)7-9-22)18-11-17-19-15-5-4-14(23-3)10-16(15)20-17/h4-5,10,13,18H,6-9,11-12H2,1-3H3,(H,19,20). The molecule has 2 aromatic rings. The first-order valence-corrected chi connectivity index (χ1v) is 8.31. The van der Waals surface area contributed by atoms with Crippen LogP contribution in [-0.4, -0.2) is 72.7 Å². The summed E-state index contributed by atoms with van der Waals surface area (Å²) >= 11 is 0. The van der Waals surface area contributed by atoms with Crippen molar-refractivity contribution in [2.45, 2.75) is 19.5 Å². The normalized spacial score (nSPS) is 18.4. The molecule has 1 saturated heterocycles. The Labute approximate surface area is 137 Å². The van der Waals surface area contributed by atoms with Gasteiger partial charge in [-0.3, -0.25) is 4.90 Å². The molecule has 0 spiro atoms. The highest BCUT2D eigenvalue weighted by atomic mass is 16.5. The van der Waals surface area contributed by atoms with Crippen molar-refractivity contribution in [1.29, 1.82) is 0 Å². The number of nitrogens with one attached hydrogen (secondary N) is 2. The van der Waals surface area contributed by atoms with Crippen LogP contribution in [0.2, 0.25) is 0 Å². The Morgan fingerprint density at radius 1 is 1.30 bits per heavy atom. The van der Waals surface area contributed by atoms with Crippen LogP contribution in [0.15, 0.2) is 18.2 Å². The minimum Gasteiger partial charge on any atom is -0.497 e. The molecule has 0 bridgehead atoms. The molecule has 2 heterocycles. The highest BCUT2D eigenvalue weighted by Gasteiger charge is 2.16. The van der Waals surface area contributed by atoms with E-state index in [0.717, 1.165) is 61.9 Å². The number of benzene rings is 1. The Kier molecular flexibility index (Phi) is 5.15. The molecule has 1 fully saturated rings. The predicted molar refractivity (Wildman–Crippen MR) is 92.9 cm³/mol. The third-order valence-corrected chi connectivity index (χ3v) is 4.48. The summed E-state index contributed by atoms with van der Waals surface area (Å²) in [5.41, 5.74) is 2.00. The van der Waals surface area contributed by atoms with Crippen LogP contribution in [0.1, 0.15) is 12.7 Å². The third kappa shape index (κ3) is 4.22. The van der Waals surface area contributed by atoms with Crippen LogP contribution in [0.4, 0.5) is 0 Å². The number of aromatic amines is 1. The van der Waals surface area contributed by atoms with Crippen LogP contribution in [0, 0.1) is 0 Å². The molecular weight excluding hydrogens is 290 g/mol. The summed E-state index contributed by atoms with van der Waals surface area (Å²) in [6.07, 6.45) is 0. The molecule has 126 valence electrons. The van der Waals surface area contributed by atoms with E-state index < -0.39 is 0 Å². The van der Waals surface area contributed by atoms with Crippen molar-refractivity contribution in [1.82, 2.24) is 25.1 Å². The molecule has 1 atom stereocenters. The van der Waals surface area contributed by atoms with E-state index in [0.29, 0.717) is 6.04 Å². The van der Waals surface area contributed by atoms with Gasteiger partial charge in [0.25, 0.3) is 0 Å². The number of hydrogen-bond acceptors (Lipinski definition) is 5. The van der Waals surface area contributed by atoms with Crippen molar-refractivity contribution in [3.8, 4) is 5.75 Å². The monoisotopic (exact) mass is 317 g/mol. The van der Waals surface area contributed by atoms with Gasteiger partial charge in [0.05, 0.1) is 24.7 Å². The van der Waals surface area contributed by atoms with Crippen LogP contribution in [0.25, 0.3) is 11.0 Å². The fourth-order valence-electron chi connectivity index (χ4n) is 3.01. The topological polar surface area (TPSA) is 56.4 Å². The average Bonchev–Trinajstić information content (AvgIpc) is 2.97. The smallest absolute Gasteiger partial charge is 0.121 e. The number of aromatic nitrogens is 2. The van der Waals surface area contributed by atoms with Gasteiger partial charge < -0.3 is 19.9 Å². The van der Waals surface area contributed by atoms with E-state index in [4.69, 9.17) is 4.74 Å². The Bertz CT molecular complexity index is 633. The fraction of sp³-hybridized carbons (Fsp3) is 0.588. The number of H-pyrrole nitrogens is 1. The van der Waals surface area contributed by atoms with Crippen molar-refractivity contribution in [3.05, 3.63) is 24.0 Å². The number of rotatable bonds is 6. The first kappa shape index (κ1) is 16.2. The fourth-order valence-corrected chi connectivity index (χ4v) is 3.01. The number of hydrogen-bond donors (Lipinski definition) is 2. The zero-order valence-electron chi connectivity index (χ0n) is 14.3. The zero-order chi connectivity index (χ0) is 16.2. The molecule has 1 aliphatic rings. The van der Waals surface area contributed by atoms with Gasteiger partial charge in [0.1, 0.15) is 11.6 Å². The number of piperazine rings is 1. The molecule has 0 radical (unpaired) electrons. The minimum atomic E-state index is 0.446. The van der Waals surface area contributed by atoms with Crippen LogP contribution >= 0.6 is 0 Å². The summed E-state index contributed by atoms with van der Waals surface area (Å²) in [6, 6.07) is 6.36. The first-order valence-electron chi connectivity index (χ1n) is 8.31. The van der Waals surface area contributed by atoms with Crippen molar-refractivity contribution in [2.75, 3.05) is 46.9 Å². The number of imidazole rings is 1. The Hall–Kier alpha value is -1.63. The summed E-state index contributed by atoms with van der Waals surface area (Å²) in [5.74, 6) is 1.82. The summed E-state index contributed by atoms with van der Waals surface area (Å²) in [4.78, 5) is 12.9. The lowest BCUT2D eigenvalue weighted by atomic mass is 10.2. The maximum atomic E-state index is 5.25. The van der Waals surface area contributed by atoms with Crippen molar-refractivity contribution in [2.24, 2.45) is 0 Å². The zero-order valence-corrected chi connectivity index (χ0v) is 14.3. The summed E-state index contributed by atoms with van der Waals surface area (Å²) in [6.45, 7) is 8.73. The lowest BCUT2D eigenvalue weighted by Gasteiger charge is -2.34. The van der Waals surface area contributed by atoms with Crippen LogP contribution in [0.5, 0.6) is 5.75 Å². The molecule has 1 aromatic carbocycles. The molecular formula is C17H27N5O. The Balaban J connectivity index is 1.51. The quantitative estimate of drug-likeness (QED) is 0.841. The highest BCUT2D eigenvalue weighted by molar-refractivity contribution is 5.76. The molecule has 23 heavy (non-hydrogen) atoms. The van der Waals surface area contributed by atoms with E-state index in [1.54, 1.807) is 7.11 Å². The molecule has 6 heteroatoms. The number of likely N-dealkylation sites (N-methyl/N-ethyl adjacent to an activating group) is 1. The molecule has 1 unspecified atom stereocenters. The van der Waals surface area contributed by atoms with Gasteiger partial charge in [-0.25, -0.2) is 4.98 Å². The van der Waals surface area contributed by atoms with Gasteiger partial charge in [-0.15, -0.1) is 0 Å². The minimum absolute atomic E-state index is 0.446. The van der Waals surface area contributed by atoms with Gasteiger partial charge in [0.2, 0.25) is 0 Å².